The number of hydrazone groups is 1. The van der Waals surface area contributed by atoms with Gasteiger partial charge < -0.3 is 10.2 Å². The third-order valence-electron chi connectivity index (χ3n) is 5.16. The first-order chi connectivity index (χ1) is 14.0. The van der Waals surface area contributed by atoms with E-state index in [0.29, 0.717) is 30.9 Å². The van der Waals surface area contributed by atoms with Gasteiger partial charge in [-0.1, -0.05) is 30.3 Å². The minimum absolute atomic E-state index is 0.0141. The lowest BCUT2D eigenvalue weighted by molar-refractivity contribution is -0.132. The van der Waals surface area contributed by atoms with Gasteiger partial charge in [-0.15, -0.1) is 0 Å². The fraction of sp³-hybridized carbons (Fsp3) is 0.273. The number of carbonyl (C=O) groups is 3. The fourth-order valence-electron chi connectivity index (χ4n) is 3.65. The van der Waals surface area contributed by atoms with E-state index in [9.17, 15) is 14.4 Å². The molecule has 29 heavy (non-hydrogen) atoms. The first-order valence-corrected chi connectivity index (χ1v) is 9.65. The van der Waals surface area contributed by atoms with Crippen molar-refractivity contribution in [3.63, 3.8) is 0 Å². The summed E-state index contributed by atoms with van der Waals surface area (Å²) in [6.07, 6.45) is 1.34. The highest BCUT2D eigenvalue weighted by Gasteiger charge is 2.26. The van der Waals surface area contributed by atoms with Crippen LogP contribution in [0, 0.1) is 0 Å². The van der Waals surface area contributed by atoms with Crippen LogP contribution in [0.15, 0.2) is 53.6 Å². The molecule has 0 radical (unpaired) electrons. The summed E-state index contributed by atoms with van der Waals surface area (Å²) < 4.78 is 0. The summed E-state index contributed by atoms with van der Waals surface area (Å²) in [6.45, 7) is 2.55. The molecule has 0 spiro atoms. The highest BCUT2D eigenvalue weighted by Crippen LogP contribution is 2.30. The molecule has 2 aliphatic rings. The van der Waals surface area contributed by atoms with E-state index in [1.54, 1.807) is 17.9 Å². The Kier molecular flexibility index (Phi) is 5.12. The molecule has 0 bridgehead atoms. The van der Waals surface area contributed by atoms with Gasteiger partial charge in [-0.05, 0) is 35.7 Å². The normalized spacial score (nSPS) is 15.8. The molecule has 148 valence electrons. The van der Waals surface area contributed by atoms with E-state index in [4.69, 9.17) is 0 Å². The van der Waals surface area contributed by atoms with Crippen LogP contribution in [-0.4, -0.2) is 35.0 Å². The lowest BCUT2D eigenvalue weighted by Gasteiger charge is -2.23. The molecule has 2 aromatic carbocycles. The van der Waals surface area contributed by atoms with Crippen molar-refractivity contribution in [2.45, 2.75) is 32.7 Å². The van der Waals surface area contributed by atoms with E-state index in [2.05, 4.69) is 10.4 Å². The topological polar surface area (TPSA) is 82.1 Å². The standard InChI is InChI=1S/C22H22N4O3/c1-15(27)25-12-11-17-13-18(7-9-20(17)25)23-22(29)19-8-10-21(28)26(24-19)14-16-5-3-2-4-6-16/h2-7,9,13H,8,10-12,14H2,1H3,(H,23,29). The first kappa shape index (κ1) is 18.9. The molecule has 0 aromatic heterocycles. The van der Waals surface area contributed by atoms with E-state index < -0.39 is 0 Å². The maximum absolute atomic E-state index is 12.7. The Labute approximate surface area is 169 Å². The Morgan fingerprint density at radius 1 is 1.07 bits per heavy atom. The van der Waals surface area contributed by atoms with Crippen LogP contribution < -0.4 is 10.2 Å². The number of benzene rings is 2. The zero-order valence-electron chi connectivity index (χ0n) is 16.2. The predicted molar refractivity (Wildman–Crippen MR) is 110 cm³/mol. The zero-order valence-corrected chi connectivity index (χ0v) is 16.2. The second kappa shape index (κ2) is 7.87. The molecule has 7 heteroatoms. The molecule has 4 rings (SSSR count). The van der Waals surface area contributed by atoms with E-state index in [-0.39, 0.29) is 24.1 Å². The van der Waals surface area contributed by atoms with Gasteiger partial charge in [0.1, 0.15) is 5.71 Å². The van der Waals surface area contributed by atoms with E-state index in [1.807, 2.05) is 42.5 Å². The number of nitrogens with one attached hydrogen (secondary N) is 1. The second-order valence-electron chi connectivity index (χ2n) is 7.20. The molecule has 1 N–H and O–H groups in total. The SMILES string of the molecule is CC(=O)N1CCc2cc(NC(=O)C3=NN(Cc4ccccc4)C(=O)CC3)ccc21. The third-order valence-corrected chi connectivity index (χ3v) is 5.16. The molecule has 0 fully saturated rings. The van der Waals surface area contributed by atoms with Crippen molar-refractivity contribution >= 4 is 34.8 Å². The van der Waals surface area contributed by atoms with E-state index in [0.717, 1.165) is 23.2 Å². The van der Waals surface area contributed by atoms with Gasteiger partial charge in [0.15, 0.2) is 0 Å². The number of amides is 3. The Morgan fingerprint density at radius 2 is 1.86 bits per heavy atom. The van der Waals surface area contributed by atoms with E-state index in [1.165, 1.54) is 5.01 Å². The molecule has 2 heterocycles. The average Bonchev–Trinajstić information content (AvgIpc) is 3.14. The van der Waals surface area contributed by atoms with Crippen molar-refractivity contribution in [1.82, 2.24) is 5.01 Å². The largest absolute Gasteiger partial charge is 0.321 e. The van der Waals surface area contributed by atoms with Crippen LogP contribution >= 0.6 is 0 Å². The van der Waals surface area contributed by atoms with Gasteiger partial charge in [0.25, 0.3) is 5.91 Å². The van der Waals surface area contributed by atoms with Gasteiger partial charge in [-0.2, -0.15) is 5.10 Å². The Morgan fingerprint density at radius 3 is 2.62 bits per heavy atom. The van der Waals surface area contributed by atoms with Crippen LogP contribution in [0.1, 0.15) is 30.9 Å². The van der Waals surface area contributed by atoms with Crippen LogP contribution in [0.5, 0.6) is 0 Å². The van der Waals surface area contributed by atoms with E-state index >= 15 is 0 Å². The number of carbonyl (C=O) groups excluding carboxylic acids is 3. The van der Waals surface area contributed by atoms with Crippen LogP contribution in [0.4, 0.5) is 11.4 Å². The highest BCUT2D eigenvalue weighted by atomic mass is 16.2. The summed E-state index contributed by atoms with van der Waals surface area (Å²) in [5.41, 5.74) is 3.88. The van der Waals surface area contributed by atoms with Crippen LogP contribution in [0.3, 0.4) is 0 Å². The number of fused-ring (bicyclic) bond motifs is 1. The monoisotopic (exact) mass is 390 g/mol. The minimum atomic E-state index is -0.308. The summed E-state index contributed by atoms with van der Waals surface area (Å²) >= 11 is 0. The molecular weight excluding hydrogens is 368 g/mol. The maximum Gasteiger partial charge on any atom is 0.271 e. The van der Waals surface area contributed by atoms with Crippen molar-refractivity contribution < 1.29 is 14.4 Å². The molecule has 3 amide bonds. The average molecular weight is 390 g/mol. The van der Waals surface area contributed by atoms with Crippen molar-refractivity contribution in [1.29, 1.82) is 0 Å². The molecular formula is C22H22N4O3. The Hall–Kier alpha value is -3.48. The molecule has 0 saturated carbocycles. The smallest absolute Gasteiger partial charge is 0.271 e. The quantitative estimate of drug-likeness (QED) is 0.871. The molecule has 2 aliphatic heterocycles. The van der Waals surface area contributed by atoms with Gasteiger partial charge in [0.05, 0.1) is 6.54 Å². The zero-order chi connectivity index (χ0) is 20.4. The lowest BCUT2D eigenvalue weighted by atomic mass is 10.1. The molecule has 0 saturated heterocycles. The minimum Gasteiger partial charge on any atom is -0.321 e. The Balaban J connectivity index is 1.47. The lowest BCUT2D eigenvalue weighted by Crippen LogP contribution is -2.36. The number of anilines is 2. The van der Waals surface area contributed by atoms with Gasteiger partial charge >= 0.3 is 0 Å². The first-order valence-electron chi connectivity index (χ1n) is 9.65. The van der Waals surface area contributed by atoms with Crippen molar-refractivity contribution in [2.75, 3.05) is 16.8 Å². The molecule has 2 aromatic rings. The van der Waals surface area contributed by atoms with Crippen LogP contribution in [0.25, 0.3) is 0 Å². The number of hydrogen-bond donors (Lipinski definition) is 1. The summed E-state index contributed by atoms with van der Waals surface area (Å²) in [4.78, 5) is 38.3. The number of hydrogen-bond acceptors (Lipinski definition) is 4. The Bertz CT molecular complexity index is 1000. The summed E-state index contributed by atoms with van der Waals surface area (Å²) in [7, 11) is 0. The third kappa shape index (κ3) is 4.03. The van der Waals surface area contributed by atoms with Gasteiger partial charge in [0, 0.05) is 37.7 Å². The number of nitrogens with zero attached hydrogens (tertiary/aromatic N) is 3. The maximum atomic E-state index is 12.7. The van der Waals surface area contributed by atoms with Gasteiger partial charge in [-0.25, -0.2) is 5.01 Å². The van der Waals surface area contributed by atoms with Crippen molar-refractivity contribution in [3.8, 4) is 0 Å². The summed E-state index contributed by atoms with van der Waals surface area (Å²) in [5, 5.41) is 8.53. The summed E-state index contributed by atoms with van der Waals surface area (Å²) in [6, 6.07) is 15.1. The molecule has 0 unspecified atom stereocenters. The van der Waals surface area contributed by atoms with Gasteiger partial charge in [0.2, 0.25) is 11.8 Å². The summed E-state index contributed by atoms with van der Waals surface area (Å²) in [5.74, 6) is -0.385. The molecule has 7 nitrogen and oxygen atoms in total. The van der Waals surface area contributed by atoms with Crippen LogP contribution in [0.2, 0.25) is 0 Å². The second-order valence-corrected chi connectivity index (χ2v) is 7.20. The number of rotatable bonds is 4. The van der Waals surface area contributed by atoms with Crippen LogP contribution in [-0.2, 0) is 27.3 Å². The predicted octanol–water partition coefficient (Wildman–Crippen LogP) is 2.71. The van der Waals surface area contributed by atoms with Gasteiger partial charge in [-0.3, -0.25) is 14.4 Å². The van der Waals surface area contributed by atoms with Crippen molar-refractivity contribution in [3.05, 3.63) is 59.7 Å². The molecule has 0 aliphatic carbocycles. The fourth-order valence-corrected chi connectivity index (χ4v) is 3.65. The highest BCUT2D eigenvalue weighted by molar-refractivity contribution is 6.43. The van der Waals surface area contributed by atoms with Crippen molar-refractivity contribution in [2.24, 2.45) is 5.10 Å². The molecule has 0 atom stereocenters.